The largest absolute Gasteiger partial charge is 0.360 e. The Hall–Kier alpha value is -2.75. The smallest absolute Gasteiger partial charge is 0.279 e. The van der Waals surface area contributed by atoms with Crippen LogP contribution in [0.3, 0.4) is 0 Å². The second-order valence-electron chi connectivity index (χ2n) is 7.88. The number of amides is 1. The predicted molar refractivity (Wildman–Crippen MR) is 120 cm³/mol. The molecule has 8 nitrogen and oxygen atoms in total. The van der Waals surface area contributed by atoms with Gasteiger partial charge in [-0.25, -0.2) is 12.7 Å². The van der Waals surface area contributed by atoms with E-state index in [-0.39, 0.29) is 16.6 Å². The summed E-state index contributed by atoms with van der Waals surface area (Å²) in [5, 5.41) is 2.84. The van der Waals surface area contributed by atoms with Gasteiger partial charge in [-0.15, -0.1) is 0 Å². The number of carbonyl (C=O) groups excluding carboxylic acids is 2. The number of nitrogens with zero attached hydrogens (tertiary/aromatic N) is 2. The van der Waals surface area contributed by atoms with Crippen molar-refractivity contribution >= 4 is 33.1 Å². The zero-order valence-corrected chi connectivity index (χ0v) is 18.9. The Balaban J connectivity index is 1.49. The van der Waals surface area contributed by atoms with Gasteiger partial charge in [0.25, 0.3) is 5.91 Å². The molecule has 0 saturated carbocycles. The molecule has 0 atom stereocenters. The lowest BCUT2D eigenvalue weighted by Crippen LogP contribution is -3.15. The van der Waals surface area contributed by atoms with E-state index in [9.17, 15) is 18.0 Å². The summed E-state index contributed by atoms with van der Waals surface area (Å²) in [5.41, 5.74) is 2.37. The number of carbonyl (C=O) groups is 2. The topological polar surface area (TPSA) is 91.2 Å². The summed E-state index contributed by atoms with van der Waals surface area (Å²) in [6, 6.07) is 13.8. The van der Waals surface area contributed by atoms with Gasteiger partial charge >= 0.3 is 0 Å². The van der Waals surface area contributed by atoms with Crippen LogP contribution in [-0.2, 0) is 14.8 Å². The maximum absolute atomic E-state index is 12.4. The van der Waals surface area contributed by atoms with E-state index in [0.29, 0.717) is 17.8 Å². The molecule has 1 aliphatic rings. The van der Waals surface area contributed by atoms with E-state index < -0.39 is 10.0 Å². The normalized spacial score (nSPS) is 15.2. The minimum atomic E-state index is -3.48. The van der Waals surface area contributed by atoms with Crippen molar-refractivity contribution in [3.05, 3.63) is 54.1 Å². The highest BCUT2D eigenvalue weighted by molar-refractivity contribution is 7.89. The van der Waals surface area contributed by atoms with Gasteiger partial charge in [-0.2, -0.15) is 0 Å². The Morgan fingerprint density at radius 3 is 2.10 bits per heavy atom. The Bertz CT molecular complexity index is 1030. The molecular weight excluding hydrogens is 416 g/mol. The van der Waals surface area contributed by atoms with E-state index in [1.807, 2.05) is 24.3 Å². The summed E-state index contributed by atoms with van der Waals surface area (Å²) in [7, 11) is -0.523. The molecule has 0 unspecified atom stereocenters. The van der Waals surface area contributed by atoms with Crippen LogP contribution in [0, 0.1) is 0 Å². The van der Waals surface area contributed by atoms with Crippen molar-refractivity contribution in [1.82, 2.24) is 4.31 Å². The fourth-order valence-corrected chi connectivity index (χ4v) is 4.42. The molecule has 3 rings (SSSR count). The first-order valence-electron chi connectivity index (χ1n) is 10.2. The monoisotopic (exact) mass is 445 g/mol. The number of rotatable bonds is 7. The molecule has 1 aliphatic heterocycles. The molecule has 0 spiro atoms. The van der Waals surface area contributed by atoms with Gasteiger partial charge in [-0.1, -0.05) is 0 Å². The Labute approximate surface area is 183 Å². The first-order chi connectivity index (χ1) is 14.7. The summed E-state index contributed by atoms with van der Waals surface area (Å²) in [6.07, 6.45) is 0. The van der Waals surface area contributed by atoms with E-state index in [1.54, 1.807) is 19.1 Å². The molecule has 9 heteroatoms. The number of piperazine rings is 1. The van der Waals surface area contributed by atoms with Crippen LogP contribution in [0.4, 0.5) is 11.4 Å². The summed E-state index contributed by atoms with van der Waals surface area (Å²) >= 11 is 0. The van der Waals surface area contributed by atoms with Gasteiger partial charge in [-0.3, -0.25) is 9.59 Å². The zero-order valence-electron chi connectivity index (χ0n) is 18.1. The number of quaternary nitrogens is 1. The number of ketones is 1. The third kappa shape index (κ3) is 5.69. The van der Waals surface area contributed by atoms with Crippen molar-refractivity contribution in [2.24, 2.45) is 0 Å². The van der Waals surface area contributed by atoms with Gasteiger partial charge in [0.2, 0.25) is 10.0 Å². The van der Waals surface area contributed by atoms with E-state index >= 15 is 0 Å². The summed E-state index contributed by atoms with van der Waals surface area (Å²) in [6.45, 7) is 5.25. The average molecular weight is 446 g/mol. The first-order valence-corrected chi connectivity index (χ1v) is 11.6. The van der Waals surface area contributed by atoms with Gasteiger partial charge < -0.3 is 15.1 Å². The highest BCUT2D eigenvalue weighted by Gasteiger charge is 2.23. The minimum Gasteiger partial charge on any atom is -0.360 e. The molecule has 0 aliphatic carbocycles. The standard InChI is InChI=1S/C22H28N4O4S/c1-17(27)18-4-8-20(9-5-18)26-14-12-25(13-15-26)16-22(28)23-19-6-10-21(11-7-19)31(29,30)24(2)3/h4-11H,12-16H2,1-3H3,(H,23,28)/p+1. The van der Waals surface area contributed by atoms with Crippen LogP contribution in [0.5, 0.6) is 0 Å². The van der Waals surface area contributed by atoms with Crippen LogP contribution in [0.15, 0.2) is 53.4 Å². The third-order valence-electron chi connectivity index (χ3n) is 5.44. The number of Topliss-reactive ketones (excluding diaryl/α,β-unsaturated/α-hetero) is 1. The Kier molecular flexibility index (Phi) is 7.09. The van der Waals surface area contributed by atoms with Gasteiger partial charge in [0.15, 0.2) is 12.3 Å². The van der Waals surface area contributed by atoms with Gasteiger partial charge in [0, 0.05) is 31.0 Å². The number of benzene rings is 2. The molecule has 1 fully saturated rings. The molecular formula is C22H29N4O4S+. The molecule has 1 heterocycles. The van der Waals surface area contributed by atoms with Gasteiger partial charge in [0.05, 0.1) is 31.1 Å². The predicted octanol–water partition coefficient (Wildman–Crippen LogP) is 0.483. The van der Waals surface area contributed by atoms with Crippen molar-refractivity contribution in [2.45, 2.75) is 11.8 Å². The van der Waals surface area contributed by atoms with Crippen molar-refractivity contribution in [2.75, 3.05) is 57.0 Å². The van der Waals surface area contributed by atoms with Gasteiger partial charge in [0.1, 0.15) is 0 Å². The average Bonchev–Trinajstić information content (AvgIpc) is 2.74. The molecule has 166 valence electrons. The molecule has 2 aromatic carbocycles. The summed E-state index contributed by atoms with van der Waals surface area (Å²) in [4.78, 5) is 27.5. The molecule has 2 N–H and O–H groups in total. The highest BCUT2D eigenvalue weighted by atomic mass is 32.2. The van der Waals surface area contributed by atoms with Crippen LogP contribution in [0.2, 0.25) is 0 Å². The number of anilines is 2. The van der Waals surface area contributed by atoms with E-state index in [2.05, 4.69) is 10.2 Å². The lowest BCUT2D eigenvalue weighted by atomic mass is 10.1. The second kappa shape index (κ2) is 9.59. The summed E-state index contributed by atoms with van der Waals surface area (Å²) < 4.78 is 25.4. The van der Waals surface area contributed by atoms with Crippen LogP contribution in [0.25, 0.3) is 0 Å². The summed E-state index contributed by atoms with van der Waals surface area (Å²) in [5.74, 6) is -0.0433. The highest BCUT2D eigenvalue weighted by Crippen LogP contribution is 2.17. The molecule has 2 aromatic rings. The molecule has 0 aromatic heterocycles. The van der Waals surface area contributed by atoms with Crippen molar-refractivity contribution < 1.29 is 22.9 Å². The minimum absolute atomic E-state index is 0.0563. The van der Waals surface area contributed by atoms with Crippen LogP contribution in [-0.4, -0.2) is 71.2 Å². The van der Waals surface area contributed by atoms with E-state index in [4.69, 9.17) is 0 Å². The first kappa shape index (κ1) is 22.9. The lowest BCUT2D eigenvalue weighted by molar-refractivity contribution is -0.892. The number of sulfonamides is 1. The molecule has 1 saturated heterocycles. The maximum atomic E-state index is 12.4. The second-order valence-corrected chi connectivity index (χ2v) is 10.0. The molecule has 1 amide bonds. The van der Waals surface area contributed by atoms with E-state index in [1.165, 1.54) is 31.1 Å². The van der Waals surface area contributed by atoms with Crippen LogP contribution < -0.4 is 15.1 Å². The van der Waals surface area contributed by atoms with Crippen LogP contribution in [0.1, 0.15) is 17.3 Å². The molecule has 0 radical (unpaired) electrons. The lowest BCUT2D eigenvalue weighted by Gasteiger charge is -2.33. The van der Waals surface area contributed by atoms with Gasteiger partial charge in [-0.05, 0) is 55.5 Å². The zero-order chi connectivity index (χ0) is 22.6. The van der Waals surface area contributed by atoms with Crippen molar-refractivity contribution in [1.29, 1.82) is 0 Å². The van der Waals surface area contributed by atoms with E-state index in [0.717, 1.165) is 36.2 Å². The Morgan fingerprint density at radius 2 is 1.58 bits per heavy atom. The number of nitrogens with one attached hydrogen (secondary N) is 2. The third-order valence-corrected chi connectivity index (χ3v) is 7.27. The van der Waals surface area contributed by atoms with Crippen molar-refractivity contribution in [3.63, 3.8) is 0 Å². The number of hydrogen-bond acceptors (Lipinski definition) is 5. The quantitative estimate of drug-likeness (QED) is 0.605. The number of hydrogen-bond donors (Lipinski definition) is 2. The fourth-order valence-electron chi connectivity index (χ4n) is 3.52. The molecule has 31 heavy (non-hydrogen) atoms. The maximum Gasteiger partial charge on any atom is 0.279 e. The van der Waals surface area contributed by atoms with Crippen molar-refractivity contribution in [3.8, 4) is 0 Å². The van der Waals surface area contributed by atoms with Crippen LogP contribution >= 0.6 is 0 Å². The fraction of sp³-hybridized carbons (Fsp3) is 0.364. The SMILES string of the molecule is CC(=O)c1ccc(N2CC[NH+](CC(=O)Nc3ccc(S(=O)(=O)N(C)C)cc3)CC2)cc1. The molecule has 0 bridgehead atoms. The Morgan fingerprint density at radius 1 is 1.00 bits per heavy atom.